The van der Waals surface area contributed by atoms with Crippen molar-refractivity contribution in [3.8, 4) is 16.9 Å². The Labute approximate surface area is 310 Å². The average molecular weight is 689 g/mol. The molecular weight excluding hydrogens is 649 g/mol. The molecule has 6 aromatic carbocycles. The summed E-state index contributed by atoms with van der Waals surface area (Å²) < 4.78 is 2.35. The lowest BCUT2D eigenvalue weighted by molar-refractivity contribution is 0.112. The molecule has 0 unspecified atom stereocenters. The van der Waals surface area contributed by atoms with Crippen molar-refractivity contribution in [1.29, 1.82) is 0 Å². The topological polar surface area (TPSA) is 33.5 Å². The highest BCUT2D eigenvalue weighted by Crippen LogP contribution is 2.57. The third-order valence-electron chi connectivity index (χ3n) is 11.2. The molecule has 0 radical (unpaired) electrons. The van der Waals surface area contributed by atoms with Gasteiger partial charge in [-0.3, -0.25) is 4.57 Å². The lowest BCUT2D eigenvalue weighted by Crippen LogP contribution is -2.31. The fourth-order valence-corrected chi connectivity index (χ4v) is 8.81. The molecule has 0 atom stereocenters. The summed E-state index contributed by atoms with van der Waals surface area (Å²) in [4.78, 5) is 11.6. The van der Waals surface area contributed by atoms with Crippen LogP contribution < -0.4 is 10.1 Å². The minimum Gasteiger partial charge on any atom is -0.294 e. The van der Waals surface area contributed by atoms with E-state index in [1.165, 1.54) is 49.7 Å². The number of anilines is 3. The summed E-state index contributed by atoms with van der Waals surface area (Å²) in [6.45, 7) is 8.79. The molecule has 0 spiro atoms. The number of hydrogen-bond acceptors (Lipinski definition) is 4. The number of benzene rings is 6. The first kappa shape index (κ1) is 31.6. The molecule has 0 fully saturated rings. The van der Waals surface area contributed by atoms with Crippen molar-refractivity contribution in [2.45, 2.75) is 45.1 Å². The van der Waals surface area contributed by atoms with Gasteiger partial charge in [0.2, 0.25) is 0 Å². The third-order valence-corrected chi connectivity index (χ3v) is 11.2. The Morgan fingerprint density at radius 2 is 1.23 bits per heavy atom. The second kappa shape index (κ2) is 11.9. The van der Waals surface area contributed by atoms with Crippen LogP contribution in [0.3, 0.4) is 0 Å². The van der Waals surface area contributed by atoms with Gasteiger partial charge in [0.1, 0.15) is 5.82 Å². The van der Waals surface area contributed by atoms with Crippen LogP contribution in [-0.2, 0) is 10.4 Å². The summed E-state index contributed by atoms with van der Waals surface area (Å²) in [5.41, 5.74) is 13.5. The highest BCUT2D eigenvalue weighted by Gasteiger charge is 2.46. The summed E-state index contributed by atoms with van der Waals surface area (Å²) >= 11 is 0. The zero-order valence-electron chi connectivity index (χ0n) is 30.4. The van der Waals surface area contributed by atoms with E-state index in [9.17, 15) is 0 Å². The Hall–Kier alpha value is -6.17. The van der Waals surface area contributed by atoms with Gasteiger partial charge in [-0.1, -0.05) is 117 Å². The third kappa shape index (κ3) is 4.57. The van der Waals surface area contributed by atoms with E-state index in [2.05, 4.69) is 184 Å². The minimum atomic E-state index is -0.608. The zero-order chi connectivity index (χ0) is 35.8. The molecule has 2 aliphatic rings. The van der Waals surface area contributed by atoms with E-state index in [-0.39, 0.29) is 6.04 Å². The molecule has 10 rings (SSSR count). The maximum Gasteiger partial charge on any atom is 0.137 e. The maximum atomic E-state index is 6.61. The molecule has 0 amide bonds. The van der Waals surface area contributed by atoms with Crippen LogP contribution in [0.15, 0.2) is 158 Å². The first-order valence-corrected chi connectivity index (χ1v) is 18.6. The molecule has 0 saturated heterocycles. The first-order chi connectivity index (χ1) is 25.9. The van der Waals surface area contributed by atoms with Crippen molar-refractivity contribution < 1.29 is 4.94 Å². The molecule has 5 heteroatoms. The van der Waals surface area contributed by atoms with Crippen molar-refractivity contribution >= 4 is 38.9 Å². The largest absolute Gasteiger partial charge is 0.294 e. The number of para-hydroxylation sites is 3. The molecule has 0 N–H and O–H groups in total. The second-order valence-electron chi connectivity index (χ2n) is 14.9. The highest BCUT2D eigenvalue weighted by atomic mass is 16.8. The zero-order valence-corrected chi connectivity index (χ0v) is 30.4. The van der Waals surface area contributed by atoms with E-state index in [1.54, 1.807) is 0 Å². The number of rotatable bonds is 6. The number of aromatic nitrogens is 2. The van der Waals surface area contributed by atoms with E-state index >= 15 is 0 Å². The van der Waals surface area contributed by atoms with Gasteiger partial charge in [-0.05, 0) is 107 Å². The molecule has 0 bridgehead atoms. The van der Waals surface area contributed by atoms with Gasteiger partial charge in [-0.2, -0.15) is 5.06 Å². The molecule has 3 heterocycles. The number of hydroxylamine groups is 1. The summed E-state index contributed by atoms with van der Waals surface area (Å²) in [6, 6.07) is 55.6. The Kier molecular flexibility index (Phi) is 7.11. The molecule has 5 nitrogen and oxygen atoms in total. The van der Waals surface area contributed by atoms with Gasteiger partial charge in [0, 0.05) is 17.0 Å². The van der Waals surface area contributed by atoms with Gasteiger partial charge < -0.3 is 0 Å². The van der Waals surface area contributed by atoms with Gasteiger partial charge in [-0.25, -0.2) is 10.0 Å². The van der Waals surface area contributed by atoms with Gasteiger partial charge in [0.15, 0.2) is 0 Å². The number of nitrogens with zero attached hydrogens (tertiary/aromatic N) is 4. The van der Waals surface area contributed by atoms with Gasteiger partial charge in [0.25, 0.3) is 0 Å². The summed E-state index contributed by atoms with van der Waals surface area (Å²) in [7, 11) is 0. The highest BCUT2D eigenvalue weighted by molar-refractivity contribution is 6.09. The van der Waals surface area contributed by atoms with E-state index in [0.29, 0.717) is 5.92 Å². The fraction of sp³-hybridized carbons (Fsp3) is 0.146. The monoisotopic (exact) mass is 688 g/mol. The van der Waals surface area contributed by atoms with Gasteiger partial charge in [0.05, 0.1) is 39.6 Å². The lowest BCUT2D eigenvalue weighted by Gasteiger charge is -2.34. The minimum absolute atomic E-state index is 0.165. The molecule has 1 aliphatic heterocycles. The van der Waals surface area contributed by atoms with E-state index in [1.807, 2.05) is 16.3 Å². The summed E-state index contributed by atoms with van der Waals surface area (Å²) in [5.74, 6) is 1.32. The Morgan fingerprint density at radius 3 is 1.98 bits per heavy atom. The lowest BCUT2D eigenvalue weighted by atomic mass is 9.67. The summed E-state index contributed by atoms with van der Waals surface area (Å²) in [6.07, 6.45) is 1.95. The maximum absolute atomic E-state index is 6.61. The number of pyridine rings is 1. The molecule has 258 valence electrons. The number of hydrogen-bond donors (Lipinski definition) is 0. The second-order valence-corrected chi connectivity index (χ2v) is 14.9. The first-order valence-electron chi connectivity index (χ1n) is 18.6. The van der Waals surface area contributed by atoms with Crippen LogP contribution in [0.25, 0.3) is 38.8 Å². The van der Waals surface area contributed by atoms with Crippen LogP contribution in [0.4, 0.5) is 17.1 Å². The van der Waals surface area contributed by atoms with Crippen LogP contribution in [0.2, 0.25) is 0 Å². The molecule has 8 aromatic rings. The van der Waals surface area contributed by atoms with Crippen LogP contribution >= 0.6 is 0 Å². The van der Waals surface area contributed by atoms with Crippen LogP contribution in [0.5, 0.6) is 0 Å². The molecular formula is C48H40N4O. The SMILES string of the molecule is CC(C)c1ccnc(-n2c3ccccc3c3ccc(C4(c5cccc(N6ON(C(C)C)c7ccccc76)c5)c5ccccc5-c5ccccc54)cc32)c1. The molecule has 53 heavy (non-hydrogen) atoms. The van der Waals surface area contributed by atoms with Crippen molar-refractivity contribution in [3.05, 3.63) is 186 Å². The standard InChI is InChI=1S/C48H40N4O/c1-31(2)33-26-27-49-47(28-33)50-43-21-10-7-18-39(43)40-25-24-35(30-46(40)50)48(41-19-8-5-16-37(41)38-17-6-9-20-42(38)48)34-14-13-15-36(29-34)52-45-23-12-11-22-44(45)51(53-52)32(3)4/h5-32H,1-4H3. The normalized spacial score (nSPS) is 14.4. The predicted molar refractivity (Wildman–Crippen MR) is 217 cm³/mol. The van der Waals surface area contributed by atoms with Gasteiger partial charge >= 0.3 is 0 Å². The Balaban J connectivity index is 1.26. The molecule has 0 saturated carbocycles. The smallest absolute Gasteiger partial charge is 0.137 e. The van der Waals surface area contributed by atoms with Crippen molar-refractivity contribution in [2.24, 2.45) is 0 Å². The fourth-order valence-electron chi connectivity index (χ4n) is 8.81. The van der Waals surface area contributed by atoms with Crippen LogP contribution in [0.1, 0.15) is 61.4 Å². The Morgan fingerprint density at radius 1 is 0.566 bits per heavy atom. The quantitative estimate of drug-likeness (QED) is 0.174. The van der Waals surface area contributed by atoms with Crippen molar-refractivity contribution in [2.75, 3.05) is 10.1 Å². The molecule has 2 aromatic heterocycles. The van der Waals surface area contributed by atoms with Crippen molar-refractivity contribution in [1.82, 2.24) is 9.55 Å². The predicted octanol–water partition coefficient (Wildman–Crippen LogP) is 11.9. The van der Waals surface area contributed by atoms with Crippen LogP contribution in [0, 0.1) is 0 Å². The Bertz CT molecular complexity index is 2660. The molecule has 1 aliphatic carbocycles. The van der Waals surface area contributed by atoms with Crippen LogP contribution in [-0.4, -0.2) is 15.6 Å². The van der Waals surface area contributed by atoms with E-state index in [0.717, 1.165) is 33.9 Å². The van der Waals surface area contributed by atoms with Gasteiger partial charge in [-0.15, -0.1) is 4.94 Å². The van der Waals surface area contributed by atoms with E-state index < -0.39 is 5.41 Å². The summed E-state index contributed by atoms with van der Waals surface area (Å²) in [5, 5.41) is 6.40. The number of fused-ring (bicyclic) bond motifs is 7. The average Bonchev–Trinajstić information content (AvgIpc) is 3.85. The van der Waals surface area contributed by atoms with E-state index in [4.69, 9.17) is 9.92 Å². The van der Waals surface area contributed by atoms with Crippen molar-refractivity contribution in [3.63, 3.8) is 0 Å².